The van der Waals surface area contributed by atoms with Crippen molar-refractivity contribution in [3.05, 3.63) is 125 Å². The van der Waals surface area contributed by atoms with Crippen molar-refractivity contribution in [2.45, 2.75) is 40.4 Å². The van der Waals surface area contributed by atoms with Gasteiger partial charge in [0.05, 0.1) is 14.7 Å². The van der Waals surface area contributed by atoms with Crippen LogP contribution in [0.15, 0.2) is 112 Å². The Bertz CT molecular complexity index is 2620. The van der Waals surface area contributed by atoms with Crippen LogP contribution in [0.3, 0.4) is 0 Å². The smallest absolute Gasteiger partial charge is 0.266 e. The zero-order chi connectivity index (χ0) is 38.3. The Hall–Kier alpha value is -4.60. The van der Waals surface area contributed by atoms with Crippen molar-refractivity contribution in [2.75, 3.05) is 29.9 Å². The Kier molecular flexibility index (Phi) is 8.77. The summed E-state index contributed by atoms with van der Waals surface area (Å²) in [7, 11) is 0.443. The molecule has 0 unspecified atom stereocenters. The number of hydrogen-bond acceptors (Lipinski definition) is 10. The maximum atomic E-state index is 13.9. The minimum absolute atomic E-state index is 0.0170. The summed E-state index contributed by atoms with van der Waals surface area (Å²) in [4.78, 5) is 16.5. The minimum Gasteiger partial charge on any atom is -0.457 e. The molecule has 0 atom stereocenters. The number of carbonyl (C=O) groups excluding carboxylic acids is 1. The molecular formula is C38H31Cl2N3O8S3. The third kappa shape index (κ3) is 6.19. The second-order valence-electron chi connectivity index (χ2n) is 13.3. The van der Waals surface area contributed by atoms with Gasteiger partial charge in [0.15, 0.2) is 0 Å². The minimum atomic E-state index is -4.24. The van der Waals surface area contributed by atoms with Gasteiger partial charge in [0.2, 0.25) is 5.91 Å². The number of anilines is 4. The van der Waals surface area contributed by atoms with E-state index >= 15 is 0 Å². The number of carbonyl (C=O) groups is 1. The largest absolute Gasteiger partial charge is 0.457 e. The molecule has 0 fully saturated rings. The zero-order valence-corrected chi connectivity index (χ0v) is 32.7. The summed E-state index contributed by atoms with van der Waals surface area (Å²) in [6.07, 6.45) is 1.18. The van der Waals surface area contributed by atoms with E-state index in [0.717, 1.165) is 38.2 Å². The van der Waals surface area contributed by atoms with E-state index in [1.54, 1.807) is 42.5 Å². The molecule has 0 bridgehead atoms. The van der Waals surface area contributed by atoms with Gasteiger partial charge in [-0.05, 0) is 84.1 Å². The Morgan fingerprint density at radius 1 is 0.667 bits per heavy atom. The topological polar surface area (TPSA) is 138 Å². The van der Waals surface area contributed by atoms with Crippen molar-refractivity contribution in [1.82, 2.24) is 4.31 Å². The molecule has 54 heavy (non-hydrogen) atoms. The first-order valence-electron chi connectivity index (χ1n) is 16.8. The van der Waals surface area contributed by atoms with Crippen molar-refractivity contribution < 1.29 is 34.8 Å². The average Bonchev–Trinajstić information content (AvgIpc) is 3.76. The van der Waals surface area contributed by atoms with Gasteiger partial charge >= 0.3 is 0 Å². The van der Waals surface area contributed by atoms with Crippen LogP contribution in [0.4, 0.5) is 22.7 Å². The average molecular weight is 825 g/mol. The molecule has 0 saturated heterocycles. The van der Waals surface area contributed by atoms with Crippen molar-refractivity contribution >= 4 is 78.1 Å². The van der Waals surface area contributed by atoms with Gasteiger partial charge in [0.25, 0.3) is 28.1 Å². The van der Waals surface area contributed by atoms with Gasteiger partial charge in [-0.25, -0.2) is 29.6 Å². The summed E-state index contributed by atoms with van der Waals surface area (Å²) in [6, 6.07) is 27.6. The first-order chi connectivity index (χ1) is 25.5. The number of halogens is 2. The highest BCUT2D eigenvalue weighted by molar-refractivity contribution is 8.14. The first-order valence-corrected chi connectivity index (χ1v) is 22.8. The van der Waals surface area contributed by atoms with Crippen molar-refractivity contribution in [3.63, 3.8) is 0 Å². The first kappa shape index (κ1) is 36.4. The molecule has 1 amide bonds. The van der Waals surface area contributed by atoms with E-state index in [9.17, 15) is 30.0 Å². The number of amides is 1. The summed E-state index contributed by atoms with van der Waals surface area (Å²) in [5.74, 6) is -0.277. The summed E-state index contributed by atoms with van der Waals surface area (Å²) in [6.45, 7) is 2.34. The summed E-state index contributed by atoms with van der Waals surface area (Å²) < 4.78 is 83.3. The molecule has 3 aliphatic rings. The SMILES string of the molecule is CC(=O)N(C)S(=O)(=O)c1ccccc1C1c2ccc(N3CCc4cc(S(=O)(=O)Cl)ccc43)cc2Oc2cc(N3CCc4cc(S(=O)(=O)Cl)ccc43)ccc21. The van der Waals surface area contributed by atoms with Gasteiger partial charge in [0.1, 0.15) is 11.5 Å². The molecule has 3 heterocycles. The normalized spacial score (nSPS) is 15.3. The highest BCUT2D eigenvalue weighted by Gasteiger charge is 2.36. The van der Waals surface area contributed by atoms with Crippen LogP contribution in [0, 0.1) is 0 Å². The Morgan fingerprint density at radius 2 is 1.15 bits per heavy atom. The van der Waals surface area contributed by atoms with E-state index in [1.807, 2.05) is 36.4 Å². The molecule has 278 valence electrons. The van der Waals surface area contributed by atoms with E-state index in [-0.39, 0.29) is 14.7 Å². The molecule has 16 heteroatoms. The van der Waals surface area contributed by atoms with Gasteiger partial charge < -0.3 is 14.5 Å². The molecule has 11 nitrogen and oxygen atoms in total. The Balaban J connectivity index is 1.26. The van der Waals surface area contributed by atoms with Crippen molar-refractivity contribution in [1.29, 1.82) is 0 Å². The predicted octanol–water partition coefficient (Wildman–Crippen LogP) is 7.38. The molecule has 0 N–H and O–H groups in total. The standard InChI is InChI=1S/C38H31Cl2N3O8S3/c1-23(44)41(2)54(49,50)37-6-4-3-5-32(37)38-30-11-7-26(42-17-15-24-19-28(52(39,45)46)9-13-33(24)42)21-35(30)51-36-22-27(8-12-31(36)38)43-18-16-25-20-29(53(40,47)48)10-14-34(25)43/h3-14,19-22,38H,15-18H2,1-2H3. The number of nitrogens with zero attached hydrogens (tertiary/aromatic N) is 3. The number of sulfonamides is 1. The molecule has 3 aliphatic heterocycles. The maximum Gasteiger partial charge on any atom is 0.266 e. The number of fused-ring (bicyclic) bond motifs is 4. The van der Waals surface area contributed by atoms with Gasteiger partial charge in [-0.15, -0.1) is 0 Å². The van der Waals surface area contributed by atoms with E-state index in [1.165, 1.54) is 32.2 Å². The van der Waals surface area contributed by atoms with Crippen LogP contribution >= 0.6 is 21.4 Å². The van der Waals surface area contributed by atoms with Gasteiger partial charge in [-0.1, -0.05) is 30.3 Å². The summed E-state index contributed by atoms with van der Waals surface area (Å²) >= 11 is 0. The molecule has 0 aliphatic carbocycles. The number of benzene rings is 5. The third-order valence-electron chi connectivity index (χ3n) is 10.2. The highest BCUT2D eigenvalue weighted by atomic mass is 35.7. The van der Waals surface area contributed by atoms with E-state index in [4.69, 9.17) is 26.1 Å². The fraction of sp³-hybridized carbons (Fsp3) is 0.184. The molecule has 5 aromatic rings. The predicted molar refractivity (Wildman–Crippen MR) is 206 cm³/mol. The van der Waals surface area contributed by atoms with Crippen LogP contribution in [0.5, 0.6) is 11.5 Å². The van der Waals surface area contributed by atoms with Gasteiger partial charge in [0, 0.05) is 100 Å². The molecule has 0 radical (unpaired) electrons. The highest BCUT2D eigenvalue weighted by Crippen LogP contribution is 2.52. The molecule has 0 spiro atoms. The van der Waals surface area contributed by atoms with Gasteiger partial charge in [-0.3, -0.25) is 4.79 Å². The lowest BCUT2D eigenvalue weighted by Gasteiger charge is -2.32. The summed E-state index contributed by atoms with van der Waals surface area (Å²) in [5, 5.41) is 0. The van der Waals surface area contributed by atoms with Crippen LogP contribution in [0.25, 0.3) is 0 Å². The van der Waals surface area contributed by atoms with E-state index < -0.39 is 40.0 Å². The zero-order valence-electron chi connectivity index (χ0n) is 28.7. The summed E-state index contributed by atoms with van der Waals surface area (Å²) in [5.41, 5.74) is 6.75. The fourth-order valence-electron chi connectivity index (χ4n) is 7.52. The number of hydrogen-bond donors (Lipinski definition) is 0. The lowest BCUT2D eigenvalue weighted by molar-refractivity contribution is -0.123. The Labute approximate surface area is 322 Å². The van der Waals surface area contributed by atoms with Crippen LogP contribution in [0.2, 0.25) is 0 Å². The third-order valence-corrected chi connectivity index (χ3v) is 14.8. The molecule has 8 rings (SSSR count). The second-order valence-corrected chi connectivity index (χ2v) is 20.3. The molecule has 0 aromatic heterocycles. The lowest BCUT2D eigenvalue weighted by Crippen LogP contribution is -2.32. The van der Waals surface area contributed by atoms with Crippen LogP contribution in [-0.4, -0.2) is 55.6 Å². The van der Waals surface area contributed by atoms with Crippen LogP contribution in [-0.2, 0) is 45.8 Å². The maximum absolute atomic E-state index is 13.9. The van der Waals surface area contributed by atoms with Gasteiger partial charge in [-0.2, -0.15) is 0 Å². The molecule has 5 aromatic carbocycles. The molecular weight excluding hydrogens is 794 g/mol. The Morgan fingerprint density at radius 3 is 1.61 bits per heavy atom. The molecule has 0 saturated carbocycles. The quantitative estimate of drug-likeness (QED) is 0.150. The lowest BCUT2D eigenvalue weighted by atomic mass is 9.82. The second kappa shape index (κ2) is 13.0. The van der Waals surface area contributed by atoms with Crippen molar-refractivity contribution in [2.24, 2.45) is 0 Å². The van der Waals surface area contributed by atoms with Crippen LogP contribution < -0.4 is 14.5 Å². The van der Waals surface area contributed by atoms with Crippen LogP contribution in [0.1, 0.15) is 40.7 Å². The monoisotopic (exact) mass is 823 g/mol. The van der Waals surface area contributed by atoms with E-state index in [2.05, 4.69) is 9.80 Å². The fourth-order valence-corrected chi connectivity index (χ4v) is 10.5. The number of ether oxygens (including phenoxy) is 1. The van der Waals surface area contributed by atoms with Crippen molar-refractivity contribution in [3.8, 4) is 11.5 Å². The number of rotatable bonds is 7. The van der Waals surface area contributed by atoms with E-state index in [0.29, 0.717) is 54.1 Å².